The molecule has 2 N–H and O–H groups in total. The van der Waals surface area contributed by atoms with Crippen LogP contribution in [0.4, 0.5) is 19.2 Å². The molecule has 0 spiro atoms. The number of carbonyl (C=O) groups excluding carboxylic acids is 1. The molecule has 0 aliphatic carbocycles. The molecule has 1 aromatic heterocycles. The summed E-state index contributed by atoms with van der Waals surface area (Å²) in [5.41, 5.74) is 3.27. The normalized spacial score (nSPS) is 27.7. The van der Waals surface area contributed by atoms with E-state index in [4.69, 9.17) is 9.15 Å². The summed E-state index contributed by atoms with van der Waals surface area (Å²) >= 11 is 0. The van der Waals surface area contributed by atoms with E-state index in [1.54, 1.807) is 44.4 Å². The summed E-state index contributed by atoms with van der Waals surface area (Å²) in [5.74, 6) is -1.74. The molecule has 5 rings (SSSR count). The summed E-state index contributed by atoms with van der Waals surface area (Å²) in [6, 6.07) is 6.66. The number of rotatable bonds is 4. The first kappa shape index (κ1) is 22.7. The molecule has 3 aliphatic heterocycles. The molecule has 4 heterocycles. The maximum absolute atomic E-state index is 14.0. The lowest BCUT2D eigenvalue weighted by atomic mass is 9.89. The molecule has 182 valence electrons. The van der Waals surface area contributed by atoms with Gasteiger partial charge in [-0.25, -0.2) is 10.4 Å². The highest BCUT2D eigenvalue weighted by molar-refractivity contribution is 6.19. The van der Waals surface area contributed by atoms with Crippen LogP contribution in [-0.2, 0) is 9.53 Å². The third-order valence-electron chi connectivity index (χ3n) is 6.57. The van der Waals surface area contributed by atoms with Gasteiger partial charge in [0.05, 0.1) is 12.0 Å². The van der Waals surface area contributed by atoms with E-state index in [2.05, 4.69) is 20.9 Å². The zero-order chi connectivity index (χ0) is 24.0. The number of alkyl halides is 3. The average Bonchev–Trinajstić information content (AvgIpc) is 3.45. The zero-order valence-electron chi connectivity index (χ0n) is 18.7. The fourth-order valence-corrected chi connectivity index (χ4v) is 4.89. The van der Waals surface area contributed by atoms with Gasteiger partial charge in [0.2, 0.25) is 0 Å². The molecule has 4 unspecified atom stereocenters. The number of hydrazine groups is 1. The summed E-state index contributed by atoms with van der Waals surface area (Å²) in [6.07, 6.45) is -3.66. The van der Waals surface area contributed by atoms with Crippen LogP contribution in [0.25, 0.3) is 5.57 Å². The van der Waals surface area contributed by atoms with E-state index in [1.165, 1.54) is 0 Å². The number of hydrogen-bond donors (Lipinski definition) is 2. The minimum Gasteiger partial charge on any atom is -0.403 e. The highest BCUT2D eigenvalue weighted by Gasteiger charge is 2.58. The molecular formula is C22H25F3N6O3. The summed E-state index contributed by atoms with van der Waals surface area (Å²) in [7, 11) is 1.64. The summed E-state index contributed by atoms with van der Waals surface area (Å²) in [4.78, 5) is 15.3. The zero-order valence-corrected chi connectivity index (χ0v) is 18.7. The fraction of sp³-hybridized carbons (Fsp3) is 0.500. The van der Waals surface area contributed by atoms with E-state index in [0.29, 0.717) is 24.4 Å². The Morgan fingerprint density at radius 2 is 1.97 bits per heavy atom. The number of nitrogens with one attached hydrogen (secondary N) is 2. The lowest BCUT2D eigenvalue weighted by molar-refractivity contribution is -0.161. The highest BCUT2D eigenvalue weighted by atomic mass is 19.4. The van der Waals surface area contributed by atoms with Gasteiger partial charge in [-0.1, -0.05) is 35.4 Å². The quantitative estimate of drug-likeness (QED) is 0.692. The molecule has 2 fully saturated rings. The summed E-state index contributed by atoms with van der Waals surface area (Å²) < 4.78 is 53.1. The third kappa shape index (κ3) is 3.90. The summed E-state index contributed by atoms with van der Waals surface area (Å²) in [5, 5.41) is 12.2. The van der Waals surface area contributed by atoms with Gasteiger partial charge in [-0.05, 0) is 25.3 Å². The molecule has 0 saturated carbocycles. The van der Waals surface area contributed by atoms with E-state index >= 15 is 0 Å². The number of piperidine rings is 1. The second-order valence-electron chi connectivity index (χ2n) is 8.68. The van der Waals surface area contributed by atoms with Crippen molar-refractivity contribution in [3.05, 3.63) is 47.5 Å². The van der Waals surface area contributed by atoms with Crippen molar-refractivity contribution in [1.29, 1.82) is 0 Å². The Bertz CT molecular complexity index is 1090. The standard InChI is InChI=1S/C22H25F3N6O3/c1-12-15(19-27-28-21(34-19)30-10-6-9-14(11-30)33-2)20(32)31-18(26-12)16(13-7-4-3-5-8-13)17(29-31)22(23,24)25/h3-5,7-8,14,16-18,26,29H,6,9-11H2,1-2H3. The Hall–Kier alpha value is -3.12. The average molecular weight is 478 g/mol. The minimum absolute atomic E-state index is 0.0341. The second-order valence-corrected chi connectivity index (χ2v) is 8.68. The van der Waals surface area contributed by atoms with Crippen molar-refractivity contribution in [3.63, 3.8) is 0 Å². The van der Waals surface area contributed by atoms with E-state index in [9.17, 15) is 18.0 Å². The minimum atomic E-state index is -4.57. The predicted molar refractivity (Wildman–Crippen MR) is 115 cm³/mol. The van der Waals surface area contributed by atoms with E-state index in [-0.39, 0.29) is 23.6 Å². The number of ether oxygens (including phenoxy) is 1. The van der Waals surface area contributed by atoms with E-state index in [1.807, 2.05) is 4.90 Å². The van der Waals surface area contributed by atoms with Crippen LogP contribution in [0.1, 0.15) is 37.1 Å². The second kappa shape index (κ2) is 8.58. The topological polar surface area (TPSA) is 95.8 Å². The SMILES string of the molecule is COC1CCCN(c2nnc(C3=C(C)NC4C(c5ccccc5)C(C(F)(F)F)NN4C3=O)o2)C1. The van der Waals surface area contributed by atoms with Gasteiger partial charge < -0.3 is 19.4 Å². The molecule has 0 radical (unpaired) electrons. The number of amides is 1. The van der Waals surface area contributed by atoms with Gasteiger partial charge in [0, 0.05) is 25.9 Å². The van der Waals surface area contributed by atoms with Crippen molar-refractivity contribution in [2.45, 2.75) is 50.2 Å². The molecule has 4 atom stereocenters. The number of fused-ring (bicyclic) bond motifs is 1. The molecule has 34 heavy (non-hydrogen) atoms. The number of allylic oxidation sites excluding steroid dienone is 1. The number of nitrogens with zero attached hydrogens (tertiary/aromatic N) is 4. The largest absolute Gasteiger partial charge is 0.406 e. The number of methoxy groups -OCH3 is 1. The number of halogens is 3. The Morgan fingerprint density at radius 3 is 2.68 bits per heavy atom. The van der Waals surface area contributed by atoms with Crippen LogP contribution < -0.4 is 15.6 Å². The maximum atomic E-state index is 14.0. The van der Waals surface area contributed by atoms with Crippen LogP contribution in [0.5, 0.6) is 0 Å². The van der Waals surface area contributed by atoms with Gasteiger partial charge >= 0.3 is 12.2 Å². The Morgan fingerprint density at radius 1 is 1.21 bits per heavy atom. The first-order valence-corrected chi connectivity index (χ1v) is 11.1. The molecule has 1 amide bonds. The molecule has 2 saturated heterocycles. The van der Waals surface area contributed by atoms with Crippen LogP contribution in [0.15, 0.2) is 40.4 Å². The van der Waals surface area contributed by atoms with Crippen molar-refractivity contribution in [2.24, 2.45) is 0 Å². The van der Waals surface area contributed by atoms with Crippen molar-refractivity contribution in [3.8, 4) is 0 Å². The van der Waals surface area contributed by atoms with Gasteiger partial charge in [-0.3, -0.25) is 4.79 Å². The molecule has 1 aromatic carbocycles. The monoisotopic (exact) mass is 478 g/mol. The maximum Gasteiger partial charge on any atom is 0.406 e. The first-order chi connectivity index (χ1) is 16.3. The highest BCUT2D eigenvalue weighted by Crippen LogP contribution is 2.42. The molecular weight excluding hydrogens is 453 g/mol. The molecule has 2 aromatic rings. The number of anilines is 1. The van der Waals surface area contributed by atoms with Crippen LogP contribution in [0.3, 0.4) is 0 Å². The number of benzene rings is 1. The summed E-state index contributed by atoms with van der Waals surface area (Å²) in [6.45, 7) is 2.90. The third-order valence-corrected chi connectivity index (χ3v) is 6.57. The predicted octanol–water partition coefficient (Wildman–Crippen LogP) is 2.41. The lowest BCUT2D eigenvalue weighted by Crippen LogP contribution is -2.54. The molecule has 3 aliphatic rings. The van der Waals surface area contributed by atoms with Crippen molar-refractivity contribution < 1.29 is 27.1 Å². The van der Waals surface area contributed by atoms with Gasteiger partial charge in [-0.15, -0.1) is 5.10 Å². The van der Waals surface area contributed by atoms with Gasteiger partial charge in [-0.2, -0.15) is 13.2 Å². The van der Waals surface area contributed by atoms with Crippen LogP contribution in [-0.4, -0.2) is 65.8 Å². The van der Waals surface area contributed by atoms with Crippen molar-refractivity contribution in [1.82, 2.24) is 25.9 Å². The molecule has 0 bridgehead atoms. The van der Waals surface area contributed by atoms with E-state index < -0.39 is 30.2 Å². The Labute approximate surface area is 193 Å². The lowest BCUT2D eigenvalue weighted by Gasteiger charge is -2.34. The number of aromatic nitrogens is 2. The first-order valence-electron chi connectivity index (χ1n) is 11.1. The van der Waals surface area contributed by atoms with Crippen molar-refractivity contribution in [2.75, 3.05) is 25.1 Å². The Balaban J connectivity index is 1.45. The molecule has 9 nitrogen and oxygen atoms in total. The van der Waals surface area contributed by atoms with Crippen molar-refractivity contribution >= 4 is 17.5 Å². The van der Waals surface area contributed by atoms with E-state index in [0.717, 1.165) is 17.9 Å². The number of hydrogen-bond acceptors (Lipinski definition) is 8. The number of carbonyl (C=O) groups is 1. The molecule has 12 heteroatoms. The van der Waals surface area contributed by atoms with Gasteiger partial charge in [0.15, 0.2) is 0 Å². The Kier molecular flexibility index (Phi) is 5.72. The van der Waals surface area contributed by atoms with Gasteiger partial charge in [0.25, 0.3) is 11.8 Å². The van der Waals surface area contributed by atoms with Gasteiger partial charge in [0.1, 0.15) is 17.8 Å². The van der Waals surface area contributed by atoms with Crippen LogP contribution in [0.2, 0.25) is 0 Å². The smallest absolute Gasteiger partial charge is 0.403 e. The van der Waals surface area contributed by atoms with Crippen LogP contribution in [0, 0.1) is 0 Å². The fourth-order valence-electron chi connectivity index (χ4n) is 4.89. The van der Waals surface area contributed by atoms with Crippen LogP contribution >= 0.6 is 0 Å².